The molecule has 1 saturated heterocycles. The molecule has 1 fully saturated rings. The van der Waals surface area contributed by atoms with Crippen LogP contribution in [0.4, 0.5) is 16.2 Å². The van der Waals surface area contributed by atoms with Crippen molar-refractivity contribution in [1.82, 2.24) is 0 Å². The van der Waals surface area contributed by atoms with E-state index in [2.05, 4.69) is 22.3 Å². The van der Waals surface area contributed by atoms with Gasteiger partial charge in [0.1, 0.15) is 0 Å². The van der Waals surface area contributed by atoms with Crippen molar-refractivity contribution in [2.75, 3.05) is 24.4 Å². The van der Waals surface area contributed by atoms with Gasteiger partial charge in [-0.3, -0.25) is 5.32 Å². The van der Waals surface area contributed by atoms with Crippen LogP contribution in [0.2, 0.25) is 0 Å². The molecule has 2 unspecified atom stereocenters. The maximum atomic E-state index is 11.1. The minimum absolute atomic E-state index is 0.312. The highest BCUT2D eigenvalue weighted by atomic mass is 16.5. The molecule has 1 aliphatic rings. The van der Waals surface area contributed by atoms with Gasteiger partial charge < -0.3 is 14.8 Å². The van der Waals surface area contributed by atoms with E-state index in [1.165, 1.54) is 7.11 Å². The summed E-state index contributed by atoms with van der Waals surface area (Å²) in [6.07, 6.45) is 1.89. The molecule has 0 saturated carbocycles. The van der Waals surface area contributed by atoms with E-state index in [1.54, 1.807) is 0 Å². The molecule has 0 aliphatic carbocycles. The average molecular weight is 264 g/mol. The predicted molar refractivity (Wildman–Crippen MR) is 74.5 cm³/mol. The zero-order chi connectivity index (χ0) is 13.7. The van der Waals surface area contributed by atoms with Gasteiger partial charge in [0.15, 0.2) is 0 Å². The van der Waals surface area contributed by atoms with E-state index < -0.39 is 6.09 Å². The first-order valence-electron chi connectivity index (χ1n) is 6.50. The second-order valence-corrected chi connectivity index (χ2v) is 4.74. The van der Waals surface area contributed by atoms with Crippen LogP contribution in [-0.4, -0.2) is 32.0 Å². The number of ether oxygens (including phenoxy) is 2. The summed E-state index contributed by atoms with van der Waals surface area (Å²) in [6, 6.07) is 8.05. The van der Waals surface area contributed by atoms with E-state index >= 15 is 0 Å². The third-order valence-electron chi connectivity index (χ3n) is 3.17. The van der Waals surface area contributed by atoms with Gasteiger partial charge in [-0.05, 0) is 44.0 Å². The lowest BCUT2D eigenvalue weighted by Gasteiger charge is -2.28. The maximum absolute atomic E-state index is 11.1. The lowest BCUT2D eigenvalue weighted by molar-refractivity contribution is 0.0232. The summed E-state index contributed by atoms with van der Waals surface area (Å²) in [5, 5.41) is 6.10. The fourth-order valence-electron chi connectivity index (χ4n) is 2.18. The molecular formula is C14H20N2O3. The number of rotatable bonds is 3. The summed E-state index contributed by atoms with van der Waals surface area (Å²) >= 11 is 0. The maximum Gasteiger partial charge on any atom is 0.411 e. The van der Waals surface area contributed by atoms with Gasteiger partial charge in [0.2, 0.25) is 0 Å². The van der Waals surface area contributed by atoms with Crippen LogP contribution in [0.3, 0.4) is 0 Å². The molecule has 2 N–H and O–H groups in total. The van der Waals surface area contributed by atoms with E-state index in [9.17, 15) is 4.79 Å². The molecule has 5 nitrogen and oxygen atoms in total. The van der Waals surface area contributed by atoms with E-state index in [0.29, 0.717) is 12.1 Å². The molecule has 1 heterocycles. The van der Waals surface area contributed by atoms with Crippen LogP contribution >= 0.6 is 0 Å². The Balaban J connectivity index is 1.89. The smallest absolute Gasteiger partial charge is 0.411 e. The highest BCUT2D eigenvalue weighted by Crippen LogP contribution is 2.20. The predicted octanol–water partition coefficient (Wildman–Crippen LogP) is 2.84. The number of benzene rings is 1. The van der Waals surface area contributed by atoms with Crippen LogP contribution in [-0.2, 0) is 9.47 Å². The van der Waals surface area contributed by atoms with Gasteiger partial charge in [-0.2, -0.15) is 0 Å². The Morgan fingerprint density at radius 1 is 1.32 bits per heavy atom. The van der Waals surface area contributed by atoms with Crippen molar-refractivity contribution >= 4 is 17.5 Å². The Morgan fingerprint density at radius 3 is 2.63 bits per heavy atom. The van der Waals surface area contributed by atoms with Crippen molar-refractivity contribution in [3.05, 3.63) is 24.3 Å². The number of hydrogen-bond donors (Lipinski definition) is 2. The number of anilines is 2. The Labute approximate surface area is 113 Å². The van der Waals surface area contributed by atoms with Gasteiger partial charge in [0.05, 0.1) is 13.2 Å². The topological polar surface area (TPSA) is 59.6 Å². The molecule has 2 atom stereocenters. The van der Waals surface area contributed by atoms with Crippen LogP contribution in [0.25, 0.3) is 0 Å². The van der Waals surface area contributed by atoms with Crippen molar-refractivity contribution < 1.29 is 14.3 Å². The monoisotopic (exact) mass is 264 g/mol. The lowest BCUT2D eigenvalue weighted by atomic mass is 10.0. The SMILES string of the molecule is COC(=O)Nc1ccc(NC2CCOC(C)C2)cc1. The first-order chi connectivity index (χ1) is 9.17. The number of methoxy groups -OCH3 is 1. The number of carbonyl (C=O) groups excluding carboxylic acids is 1. The number of amides is 1. The molecule has 19 heavy (non-hydrogen) atoms. The largest absolute Gasteiger partial charge is 0.453 e. The molecule has 0 spiro atoms. The minimum Gasteiger partial charge on any atom is -0.453 e. The van der Waals surface area contributed by atoms with Crippen molar-refractivity contribution in [2.45, 2.75) is 31.9 Å². The van der Waals surface area contributed by atoms with Crippen LogP contribution < -0.4 is 10.6 Å². The molecule has 1 aromatic rings. The first-order valence-corrected chi connectivity index (χ1v) is 6.50. The molecule has 0 radical (unpaired) electrons. The molecule has 104 valence electrons. The van der Waals surface area contributed by atoms with E-state index in [1.807, 2.05) is 24.3 Å². The zero-order valence-electron chi connectivity index (χ0n) is 11.3. The normalized spacial score (nSPS) is 22.6. The molecule has 1 aromatic carbocycles. The quantitative estimate of drug-likeness (QED) is 0.881. The van der Waals surface area contributed by atoms with Crippen LogP contribution in [0.1, 0.15) is 19.8 Å². The van der Waals surface area contributed by atoms with Gasteiger partial charge >= 0.3 is 6.09 Å². The van der Waals surface area contributed by atoms with Crippen molar-refractivity contribution in [3.8, 4) is 0 Å². The van der Waals surface area contributed by atoms with Gasteiger partial charge in [0, 0.05) is 24.0 Å². The summed E-state index contributed by atoms with van der Waals surface area (Å²) in [5.41, 5.74) is 1.77. The number of carbonyl (C=O) groups is 1. The van der Waals surface area contributed by atoms with Crippen LogP contribution in [0.5, 0.6) is 0 Å². The molecule has 5 heteroatoms. The molecule has 2 rings (SSSR count). The van der Waals surface area contributed by atoms with E-state index in [4.69, 9.17) is 4.74 Å². The molecular weight excluding hydrogens is 244 g/mol. The van der Waals surface area contributed by atoms with Gasteiger partial charge in [-0.25, -0.2) is 4.79 Å². The Kier molecular flexibility index (Phi) is 4.63. The van der Waals surface area contributed by atoms with Crippen molar-refractivity contribution in [1.29, 1.82) is 0 Å². The second-order valence-electron chi connectivity index (χ2n) is 4.74. The van der Waals surface area contributed by atoms with Crippen LogP contribution in [0.15, 0.2) is 24.3 Å². The minimum atomic E-state index is -0.459. The summed E-state index contributed by atoms with van der Waals surface area (Å²) in [5.74, 6) is 0. The highest BCUT2D eigenvalue weighted by Gasteiger charge is 2.18. The highest BCUT2D eigenvalue weighted by molar-refractivity contribution is 5.84. The Hall–Kier alpha value is -1.75. The molecule has 0 aromatic heterocycles. The molecule has 1 amide bonds. The lowest BCUT2D eigenvalue weighted by Crippen LogP contribution is -2.32. The molecule has 0 bridgehead atoms. The Morgan fingerprint density at radius 2 is 2.00 bits per heavy atom. The zero-order valence-corrected chi connectivity index (χ0v) is 11.3. The fourth-order valence-corrected chi connectivity index (χ4v) is 2.18. The summed E-state index contributed by atoms with van der Waals surface area (Å²) < 4.78 is 10.1. The first kappa shape index (κ1) is 13.7. The average Bonchev–Trinajstić information content (AvgIpc) is 2.41. The summed E-state index contributed by atoms with van der Waals surface area (Å²) in [4.78, 5) is 11.1. The third kappa shape index (κ3) is 4.13. The van der Waals surface area contributed by atoms with Gasteiger partial charge in [-0.15, -0.1) is 0 Å². The van der Waals surface area contributed by atoms with Gasteiger partial charge in [0.25, 0.3) is 0 Å². The Bertz CT molecular complexity index is 419. The summed E-state index contributed by atoms with van der Waals surface area (Å²) in [6.45, 7) is 2.90. The van der Waals surface area contributed by atoms with Gasteiger partial charge in [-0.1, -0.05) is 0 Å². The summed E-state index contributed by atoms with van der Waals surface area (Å²) in [7, 11) is 1.34. The third-order valence-corrected chi connectivity index (χ3v) is 3.17. The molecule has 1 aliphatic heterocycles. The van der Waals surface area contributed by atoms with Crippen LogP contribution in [0, 0.1) is 0 Å². The van der Waals surface area contributed by atoms with E-state index in [-0.39, 0.29) is 0 Å². The van der Waals surface area contributed by atoms with E-state index in [0.717, 1.165) is 30.8 Å². The number of nitrogens with one attached hydrogen (secondary N) is 2. The van der Waals surface area contributed by atoms with Crippen molar-refractivity contribution in [2.24, 2.45) is 0 Å². The fraction of sp³-hybridized carbons (Fsp3) is 0.500. The number of hydrogen-bond acceptors (Lipinski definition) is 4. The second kappa shape index (κ2) is 6.43. The standard InChI is InChI=1S/C14H20N2O3/c1-10-9-13(7-8-19-10)15-11-3-5-12(6-4-11)16-14(17)18-2/h3-6,10,13,15H,7-9H2,1-2H3,(H,16,17). The van der Waals surface area contributed by atoms with Crippen molar-refractivity contribution in [3.63, 3.8) is 0 Å².